The minimum absolute atomic E-state index is 0. The molecule has 11 heavy (non-hydrogen) atoms. The minimum atomic E-state index is -4.33. The van der Waals surface area contributed by atoms with Crippen LogP contribution in [0, 0.1) is 0 Å². The summed E-state index contributed by atoms with van der Waals surface area (Å²) >= 11 is 0.125. The molecule has 0 amide bonds. The molecule has 0 unspecified atom stereocenters. The molecule has 0 heterocycles. The van der Waals surface area contributed by atoms with Crippen LogP contribution in [0.1, 0.15) is 0 Å². The van der Waals surface area contributed by atoms with E-state index in [4.69, 9.17) is 5.26 Å². The molecule has 0 aromatic rings. The van der Waals surface area contributed by atoms with Crippen LogP contribution in [-0.2, 0) is 19.5 Å². The second kappa shape index (κ2) is 9.42. The maximum atomic E-state index is 9.69. The topological polar surface area (TPSA) is 98.7 Å². The first-order valence-corrected chi connectivity index (χ1v) is 4.07. The summed E-state index contributed by atoms with van der Waals surface area (Å²) < 4.78 is 32.6. The standard InChI is InChI=1S/CH4O6S2.2Li/c2-6-7-8-1-9(3,4)5;;/h2H,1H2,(H,3,4,5);;/q;2*+1/p-2. The Morgan fingerprint density at radius 2 is 1.82 bits per heavy atom. The summed E-state index contributed by atoms with van der Waals surface area (Å²) in [5.74, 6) is 0. The van der Waals surface area contributed by atoms with Gasteiger partial charge in [0.1, 0.15) is 15.2 Å². The molecule has 0 aromatic carbocycles. The summed E-state index contributed by atoms with van der Waals surface area (Å²) in [6, 6.07) is 0. The van der Waals surface area contributed by atoms with E-state index in [1.165, 1.54) is 0 Å². The summed E-state index contributed by atoms with van der Waals surface area (Å²) in [5, 5.41) is 10.9. The molecule has 0 aliphatic rings. The van der Waals surface area contributed by atoms with Gasteiger partial charge >= 0.3 is 37.7 Å². The van der Waals surface area contributed by atoms with E-state index in [2.05, 4.69) is 9.37 Å². The summed E-state index contributed by atoms with van der Waals surface area (Å²) in [6.07, 6.45) is 0. The van der Waals surface area contributed by atoms with Crippen LogP contribution in [0.25, 0.3) is 0 Å². The third kappa shape index (κ3) is 18.4. The van der Waals surface area contributed by atoms with Gasteiger partial charge in [-0.1, -0.05) is 0 Å². The van der Waals surface area contributed by atoms with E-state index in [1.807, 2.05) is 0 Å². The third-order valence-corrected chi connectivity index (χ3v) is 1.96. The monoisotopic (exact) mass is 188 g/mol. The van der Waals surface area contributed by atoms with Crippen LogP contribution in [0.2, 0.25) is 0 Å². The zero-order valence-electron chi connectivity index (χ0n) is 5.97. The van der Waals surface area contributed by atoms with E-state index in [1.54, 1.807) is 0 Å². The van der Waals surface area contributed by atoms with Crippen molar-refractivity contribution in [3.8, 4) is 0 Å². The molecule has 6 nitrogen and oxygen atoms in total. The minimum Gasteiger partial charge on any atom is -0.747 e. The van der Waals surface area contributed by atoms with Crippen LogP contribution in [0.4, 0.5) is 0 Å². The first-order valence-electron chi connectivity index (χ1n) is 1.58. The van der Waals surface area contributed by atoms with Crippen molar-refractivity contribution in [3.05, 3.63) is 0 Å². The normalized spacial score (nSPS) is 9.64. The Labute approximate surface area is 92.2 Å². The van der Waals surface area contributed by atoms with Crippen LogP contribution in [0.3, 0.4) is 0 Å². The van der Waals surface area contributed by atoms with E-state index < -0.39 is 15.2 Å². The Morgan fingerprint density at radius 1 is 1.36 bits per heavy atom. The van der Waals surface area contributed by atoms with Crippen LogP contribution in [0.15, 0.2) is 0 Å². The van der Waals surface area contributed by atoms with Crippen LogP contribution in [-0.4, -0.2) is 18.1 Å². The van der Waals surface area contributed by atoms with Gasteiger partial charge in [-0.05, 0) is 0 Å². The van der Waals surface area contributed by atoms with Crippen molar-refractivity contribution in [2.75, 3.05) is 5.08 Å². The predicted octanol–water partition coefficient (Wildman–Crippen LogP) is -7.63. The Morgan fingerprint density at radius 3 is 2.09 bits per heavy atom. The molecule has 0 spiro atoms. The zero-order chi connectivity index (χ0) is 7.33. The van der Waals surface area contributed by atoms with E-state index in [0.717, 1.165) is 0 Å². The molecule has 0 aromatic heterocycles. The Bertz CT molecular complexity index is 154. The Hall–Kier alpha value is 1.33. The van der Waals surface area contributed by atoms with Crippen molar-refractivity contribution >= 4 is 22.2 Å². The number of rotatable bonds is 4. The van der Waals surface area contributed by atoms with Gasteiger partial charge in [0.05, 0.1) is 0 Å². The van der Waals surface area contributed by atoms with E-state index in [9.17, 15) is 13.0 Å². The van der Waals surface area contributed by atoms with Gasteiger partial charge < -0.3 is 9.81 Å². The van der Waals surface area contributed by atoms with Gasteiger partial charge in [0.2, 0.25) is 0 Å². The van der Waals surface area contributed by atoms with E-state index >= 15 is 0 Å². The molecule has 10 heteroatoms. The molecule has 0 atom stereocenters. The van der Waals surface area contributed by atoms with E-state index in [-0.39, 0.29) is 49.8 Å². The smallest absolute Gasteiger partial charge is 0.747 e. The predicted molar refractivity (Wildman–Crippen MR) is 24.3 cm³/mol. The Balaban J connectivity index is -0.000000320. The van der Waals surface area contributed by atoms with Gasteiger partial charge in [0.25, 0.3) is 0 Å². The largest absolute Gasteiger partial charge is 1.00 e. The molecular formula is CH2Li2O6S2. The fraction of sp³-hybridized carbons (Fsp3) is 1.00. The van der Waals surface area contributed by atoms with Crippen molar-refractivity contribution in [3.63, 3.8) is 0 Å². The second-order valence-electron chi connectivity index (χ2n) is 0.929. The molecule has 0 saturated heterocycles. The molecule has 0 radical (unpaired) electrons. The van der Waals surface area contributed by atoms with Gasteiger partial charge in [-0.25, -0.2) is 8.42 Å². The van der Waals surface area contributed by atoms with Crippen molar-refractivity contribution < 1.29 is 65.3 Å². The van der Waals surface area contributed by atoms with Crippen molar-refractivity contribution in [2.24, 2.45) is 0 Å². The van der Waals surface area contributed by atoms with Crippen molar-refractivity contribution in [1.82, 2.24) is 0 Å². The van der Waals surface area contributed by atoms with Gasteiger partial charge in [-0.15, -0.1) is 0 Å². The maximum Gasteiger partial charge on any atom is 1.00 e. The average molecular weight is 188 g/mol. The fourth-order valence-corrected chi connectivity index (χ4v) is 0.766. The molecule has 0 N–H and O–H groups in total. The first kappa shape index (κ1) is 18.2. The Kier molecular flexibility index (Phi) is 15.6. The van der Waals surface area contributed by atoms with Crippen LogP contribution < -0.4 is 43.0 Å². The maximum absolute atomic E-state index is 9.69. The summed E-state index contributed by atoms with van der Waals surface area (Å²) in [4.78, 5) is 0. The van der Waals surface area contributed by atoms with Crippen LogP contribution in [0.5, 0.6) is 0 Å². The van der Waals surface area contributed by atoms with E-state index in [0.29, 0.717) is 0 Å². The molecule has 0 rings (SSSR count). The molecule has 0 saturated carbocycles. The van der Waals surface area contributed by atoms with Gasteiger partial charge in [-0.2, -0.15) is 4.33 Å². The van der Waals surface area contributed by atoms with Gasteiger partial charge in [0, 0.05) is 12.0 Å². The van der Waals surface area contributed by atoms with Crippen LogP contribution >= 0.6 is 12.0 Å². The van der Waals surface area contributed by atoms with Gasteiger partial charge in [0.15, 0.2) is 0 Å². The summed E-state index contributed by atoms with van der Waals surface area (Å²) in [6.45, 7) is 0. The molecule has 0 fully saturated rings. The number of hydrogen-bond donors (Lipinski definition) is 0. The summed E-state index contributed by atoms with van der Waals surface area (Å²) in [5.41, 5.74) is 0. The second-order valence-corrected chi connectivity index (χ2v) is 3.36. The molecular weight excluding hydrogens is 186 g/mol. The average Bonchev–Trinajstić information content (AvgIpc) is 1.63. The third-order valence-electron chi connectivity index (χ3n) is 0.268. The number of hydrogen-bond acceptors (Lipinski definition) is 7. The first-order chi connectivity index (χ1) is 4.06. The fourth-order valence-electron chi connectivity index (χ4n) is 0.0982. The van der Waals surface area contributed by atoms with Gasteiger partial charge in [-0.3, -0.25) is 5.04 Å². The van der Waals surface area contributed by atoms with Crippen molar-refractivity contribution in [2.45, 2.75) is 0 Å². The SMILES string of the molecule is O=S(=O)([O-])CSOO[O-].[Li+].[Li+]. The quantitative estimate of drug-likeness (QED) is 0.108. The molecule has 0 bridgehead atoms. The molecule has 0 aliphatic carbocycles. The van der Waals surface area contributed by atoms with Crippen molar-refractivity contribution in [1.29, 1.82) is 0 Å². The molecule has 0 aliphatic heterocycles. The zero-order valence-corrected chi connectivity index (χ0v) is 7.61. The summed E-state index contributed by atoms with van der Waals surface area (Å²) in [7, 11) is -4.33. The molecule has 56 valence electrons.